The quantitative estimate of drug-likeness (QED) is 0.645. The standard InChI is InChI=1S/C14H10NO2.Y/c15-14(16)10-5-3-7-13-11(10)8-9-4-1-2-6-12(9)17-13;/h1-8H,(H2,15,16);/q-1;/p-1. The maximum Gasteiger partial charge on any atom is 0.0580 e. The largest absolute Gasteiger partial charge is 0.670 e. The molecule has 2 aromatic rings. The van der Waals surface area contributed by atoms with Gasteiger partial charge in [-0.2, -0.15) is 0 Å². The number of hydrogen-bond donors (Lipinski definition) is 0. The number of amides is 1. The molecule has 0 saturated heterocycles. The molecule has 18 heavy (non-hydrogen) atoms. The average Bonchev–Trinajstić information content (AvgIpc) is 2.35. The molecular weight excluding hydrogens is 303 g/mol. The van der Waals surface area contributed by atoms with Crippen LogP contribution in [0.3, 0.4) is 0 Å². The number of fused-ring (bicyclic) bond motifs is 2. The van der Waals surface area contributed by atoms with E-state index < -0.39 is 5.91 Å². The Labute approximate surface area is 130 Å². The molecule has 1 aliphatic heterocycles. The van der Waals surface area contributed by atoms with Crippen LogP contribution in [0, 0.1) is 6.42 Å². The fraction of sp³-hybridized carbons (Fsp3) is 0. The monoisotopic (exact) mass is 312 g/mol. The number of nitrogens with one attached hydrogen (secondary N) is 1. The van der Waals surface area contributed by atoms with Gasteiger partial charge in [-0.1, -0.05) is 53.1 Å². The SMILES string of the molecule is [NH-]C(=O)c1cccc2c1[CH-]c1ccccc1O2.[Y]. The first-order valence-electron chi connectivity index (χ1n) is 5.26. The molecule has 4 heteroatoms. The van der Waals surface area contributed by atoms with Gasteiger partial charge in [0.1, 0.15) is 0 Å². The molecule has 0 aromatic heterocycles. The Balaban J connectivity index is 0.00000120. The third-order valence-electron chi connectivity index (χ3n) is 2.75. The van der Waals surface area contributed by atoms with Crippen molar-refractivity contribution in [3.63, 3.8) is 0 Å². The predicted molar refractivity (Wildman–Crippen MR) is 64.1 cm³/mol. The van der Waals surface area contributed by atoms with Crippen LogP contribution in [-0.2, 0) is 32.7 Å². The van der Waals surface area contributed by atoms with Crippen LogP contribution in [0.5, 0.6) is 11.5 Å². The molecule has 1 N–H and O–H groups in total. The van der Waals surface area contributed by atoms with Gasteiger partial charge in [-0.25, -0.2) is 0 Å². The van der Waals surface area contributed by atoms with Gasteiger partial charge in [-0.05, 0) is 0 Å². The zero-order valence-electron chi connectivity index (χ0n) is 9.51. The summed E-state index contributed by atoms with van der Waals surface area (Å²) in [5.74, 6) is 0.706. The number of carbonyl (C=O) groups excluding carboxylic acids is 1. The van der Waals surface area contributed by atoms with Gasteiger partial charge in [-0.3, -0.25) is 0 Å². The van der Waals surface area contributed by atoms with E-state index in [1.165, 1.54) is 0 Å². The van der Waals surface area contributed by atoms with E-state index in [2.05, 4.69) is 0 Å². The van der Waals surface area contributed by atoms with Crippen LogP contribution in [0.4, 0.5) is 0 Å². The molecule has 0 spiro atoms. The van der Waals surface area contributed by atoms with Gasteiger partial charge in [0.15, 0.2) is 0 Å². The van der Waals surface area contributed by atoms with Crippen LogP contribution in [0.25, 0.3) is 5.73 Å². The fourth-order valence-corrected chi connectivity index (χ4v) is 1.95. The molecule has 1 radical (unpaired) electrons. The van der Waals surface area contributed by atoms with E-state index in [-0.39, 0.29) is 32.7 Å². The molecule has 0 unspecified atom stereocenters. The number of ether oxygens (including phenoxy) is 1. The van der Waals surface area contributed by atoms with Crippen molar-refractivity contribution < 1.29 is 42.2 Å². The molecule has 1 aliphatic rings. The Morgan fingerprint density at radius 3 is 2.56 bits per heavy atom. The minimum absolute atomic E-state index is 0. The molecule has 2 aromatic carbocycles. The van der Waals surface area contributed by atoms with Gasteiger partial charge in [0, 0.05) is 38.6 Å². The summed E-state index contributed by atoms with van der Waals surface area (Å²) < 4.78 is 5.70. The van der Waals surface area contributed by atoms with E-state index in [1.54, 1.807) is 18.2 Å². The van der Waals surface area contributed by atoms with E-state index in [0.29, 0.717) is 16.9 Å². The van der Waals surface area contributed by atoms with Crippen LogP contribution in [0.1, 0.15) is 21.5 Å². The van der Waals surface area contributed by atoms with Crippen molar-refractivity contribution >= 4 is 5.91 Å². The average molecular weight is 312 g/mol. The number of rotatable bonds is 1. The van der Waals surface area contributed by atoms with Crippen molar-refractivity contribution in [1.82, 2.24) is 0 Å². The Bertz CT molecular complexity index is 610. The normalized spacial score (nSPS) is 11.1. The van der Waals surface area contributed by atoms with Gasteiger partial charge in [0.05, 0.1) is 11.5 Å². The zero-order chi connectivity index (χ0) is 11.8. The Morgan fingerprint density at radius 1 is 1.06 bits per heavy atom. The smallest absolute Gasteiger partial charge is 0.0580 e. The van der Waals surface area contributed by atoms with Crippen molar-refractivity contribution in [2.75, 3.05) is 0 Å². The minimum atomic E-state index is -0.693. The second kappa shape index (κ2) is 5.13. The van der Waals surface area contributed by atoms with Crippen LogP contribution in [-0.4, -0.2) is 5.91 Å². The van der Waals surface area contributed by atoms with Gasteiger partial charge in [0.25, 0.3) is 0 Å². The maximum atomic E-state index is 11.2. The minimum Gasteiger partial charge on any atom is -0.670 e. The molecule has 0 bridgehead atoms. The van der Waals surface area contributed by atoms with E-state index in [9.17, 15) is 4.79 Å². The van der Waals surface area contributed by atoms with Gasteiger partial charge in [0.2, 0.25) is 0 Å². The topological polar surface area (TPSA) is 50.1 Å². The van der Waals surface area contributed by atoms with Crippen molar-refractivity contribution in [1.29, 1.82) is 0 Å². The maximum absolute atomic E-state index is 11.2. The van der Waals surface area contributed by atoms with Crippen LogP contribution in [0.2, 0.25) is 0 Å². The van der Waals surface area contributed by atoms with Crippen molar-refractivity contribution in [3.8, 4) is 11.5 Å². The molecule has 3 nitrogen and oxygen atoms in total. The summed E-state index contributed by atoms with van der Waals surface area (Å²) in [5.41, 5.74) is 9.21. The molecule has 0 aliphatic carbocycles. The van der Waals surface area contributed by atoms with E-state index in [1.807, 2.05) is 30.7 Å². The first-order valence-corrected chi connectivity index (χ1v) is 5.26. The third-order valence-corrected chi connectivity index (χ3v) is 2.75. The van der Waals surface area contributed by atoms with Crippen LogP contribution < -0.4 is 4.74 Å². The summed E-state index contributed by atoms with van der Waals surface area (Å²) in [4.78, 5) is 11.2. The predicted octanol–water partition coefficient (Wildman–Crippen LogP) is 3.58. The van der Waals surface area contributed by atoms with E-state index in [0.717, 1.165) is 11.3 Å². The van der Waals surface area contributed by atoms with Crippen LogP contribution in [0.15, 0.2) is 42.5 Å². The summed E-state index contributed by atoms with van der Waals surface area (Å²) >= 11 is 0. The Hall–Kier alpha value is -1.32. The van der Waals surface area contributed by atoms with Crippen molar-refractivity contribution in [2.45, 2.75) is 0 Å². The number of benzene rings is 2. The summed E-state index contributed by atoms with van der Waals surface area (Å²) in [6.45, 7) is 0. The number of hydrogen-bond acceptors (Lipinski definition) is 2. The summed E-state index contributed by atoms with van der Waals surface area (Å²) in [5, 5.41) is 0. The fourth-order valence-electron chi connectivity index (χ4n) is 1.95. The Morgan fingerprint density at radius 2 is 1.78 bits per heavy atom. The van der Waals surface area contributed by atoms with Crippen molar-refractivity contribution in [2.24, 2.45) is 0 Å². The van der Waals surface area contributed by atoms with Gasteiger partial charge >= 0.3 is 0 Å². The Kier molecular flexibility index (Phi) is 3.74. The molecule has 87 valence electrons. The second-order valence-electron chi connectivity index (χ2n) is 3.83. The van der Waals surface area contributed by atoms with E-state index in [4.69, 9.17) is 10.5 Å². The van der Waals surface area contributed by atoms with Gasteiger partial charge < -0.3 is 15.3 Å². The summed E-state index contributed by atoms with van der Waals surface area (Å²) in [7, 11) is 0. The first-order chi connectivity index (χ1) is 8.25. The summed E-state index contributed by atoms with van der Waals surface area (Å²) in [6, 6.07) is 12.8. The number of carbonyl (C=O) groups is 1. The molecular formula is C14H9NO2Y-2. The molecule has 0 fully saturated rings. The first kappa shape index (κ1) is 13.1. The zero-order valence-corrected chi connectivity index (χ0v) is 12.4. The molecule has 3 rings (SSSR count). The van der Waals surface area contributed by atoms with Gasteiger partial charge in [-0.15, -0.1) is 12.5 Å². The third kappa shape index (κ3) is 2.16. The van der Waals surface area contributed by atoms with E-state index >= 15 is 0 Å². The summed E-state index contributed by atoms with van der Waals surface area (Å²) in [6.07, 6.45) is 1.88. The van der Waals surface area contributed by atoms with Crippen LogP contribution >= 0.6 is 0 Å². The van der Waals surface area contributed by atoms with Crippen molar-refractivity contribution in [3.05, 3.63) is 71.3 Å². The molecule has 0 saturated carbocycles. The molecule has 1 amide bonds. The molecule has 1 heterocycles. The molecule has 0 atom stereocenters. The second-order valence-corrected chi connectivity index (χ2v) is 3.83. The number of para-hydroxylation sites is 1.